The Morgan fingerprint density at radius 2 is 1.76 bits per heavy atom. The Morgan fingerprint density at radius 3 is 2.52 bits per heavy atom. The van der Waals surface area contributed by atoms with Crippen LogP contribution in [0.3, 0.4) is 0 Å². The third-order valence-electron chi connectivity index (χ3n) is 3.76. The molecule has 5 nitrogen and oxygen atoms in total. The standard InChI is InChI=1S/C20H12O5/c21-19-15-9-8-14(25-20(22)17-7-4-10-23-17)11-18(15)24-12-16(19)13-5-2-1-3-6-13/h1-12H. The lowest BCUT2D eigenvalue weighted by molar-refractivity contribution is 0.0701. The van der Waals surface area contributed by atoms with Crippen molar-refractivity contribution in [2.24, 2.45) is 0 Å². The van der Waals surface area contributed by atoms with Gasteiger partial charge in [-0.3, -0.25) is 4.79 Å². The van der Waals surface area contributed by atoms with Gasteiger partial charge in [0, 0.05) is 6.07 Å². The van der Waals surface area contributed by atoms with E-state index >= 15 is 0 Å². The summed E-state index contributed by atoms with van der Waals surface area (Å²) >= 11 is 0. The lowest BCUT2D eigenvalue weighted by Crippen LogP contribution is -2.08. The number of hydrogen-bond donors (Lipinski definition) is 0. The minimum atomic E-state index is -0.618. The van der Waals surface area contributed by atoms with E-state index in [4.69, 9.17) is 13.6 Å². The maximum absolute atomic E-state index is 12.7. The number of carbonyl (C=O) groups is 1. The number of rotatable bonds is 3. The molecule has 0 unspecified atom stereocenters. The predicted octanol–water partition coefficient (Wildman–Crippen LogP) is 4.27. The van der Waals surface area contributed by atoms with Crippen molar-refractivity contribution in [3.8, 4) is 16.9 Å². The average Bonchev–Trinajstić information content (AvgIpc) is 3.18. The van der Waals surface area contributed by atoms with Crippen LogP contribution in [0.15, 0.2) is 86.8 Å². The Bertz CT molecular complexity index is 1090. The van der Waals surface area contributed by atoms with E-state index in [1.807, 2.05) is 30.3 Å². The van der Waals surface area contributed by atoms with Crippen LogP contribution in [0.4, 0.5) is 0 Å². The number of esters is 1. The van der Waals surface area contributed by atoms with Gasteiger partial charge < -0.3 is 13.6 Å². The molecule has 0 amide bonds. The summed E-state index contributed by atoms with van der Waals surface area (Å²) in [6.07, 6.45) is 2.80. The highest BCUT2D eigenvalue weighted by molar-refractivity contribution is 5.89. The van der Waals surface area contributed by atoms with Crippen LogP contribution in [0.25, 0.3) is 22.1 Å². The van der Waals surface area contributed by atoms with Gasteiger partial charge in [-0.05, 0) is 29.8 Å². The van der Waals surface area contributed by atoms with Gasteiger partial charge in [0.05, 0.1) is 17.2 Å². The van der Waals surface area contributed by atoms with Gasteiger partial charge in [-0.25, -0.2) is 4.79 Å². The van der Waals surface area contributed by atoms with Crippen molar-refractivity contribution in [3.05, 3.63) is 89.2 Å². The molecule has 0 aliphatic carbocycles. The second-order valence-electron chi connectivity index (χ2n) is 5.37. The van der Waals surface area contributed by atoms with Gasteiger partial charge in [0.2, 0.25) is 5.76 Å². The van der Waals surface area contributed by atoms with Crippen LogP contribution in [0.5, 0.6) is 5.75 Å². The van der Waals surface area contributed by atoms with Crippen LogP contribution in [0.1, 0.15) is 10.6 Å². The number of ether oxygens (including phenoxy) is 1. The molecule has 0 fully saturated rings. The van der Waals surface area contributed by atoms with Crippen molar-refractivity contribution in [2.45, 2.75) is 0 Å². The minimum Gasteiger partial charge on any atom is -0.463 e. The molecule has 0 spiro atoms. The van der Waals surface area contributed by atoms with Gasteiger partial charge in [0.1, 0.15) is 17.6 Å². The zero-order valence-electron chi connectivity index (χ0n) is 13.0. The van der Waals surface area contributed by atoms with E-state index < -0.39 is 5.97 Å². The Labute approximate surface area is 142 Å². The summed E-state index contributed by atoms with van der Waals surface area (Å²) in [4.78, 5) is 24.6. The maximum atomic E-state index is 12.7. The first kappa shape index (κ1) is 15.0. The second kappa shape index (κ2) is 6.13. The molecule has 0 radical (unpaired) electrons. The van der Waals surface area contributed by atoms with Crippen molar-refractivity contribution in [2.75, 3.05) is 0 Å². The van der Waals surface area contributed by atoms with Crippen LogP contribution in [0.2, 0.25) is 0 Å². The first-order valence-corrected chi connectivity index (χ1v) is 7.59. The van der Waals surface area contributed by atoms with Crippen molar-refractivity contribution < 1.29 is 18.4 Å². The van der Waals surface area contributed by atoms with E-state index in [0.29, 0.717) is 16.5 Å². The Morgan fingerprint density at radius 1 is 0.920 bits per heavy atom. The molecule has 0 aliphatic heterocycles. The highest BCUT2D eigenvalue weighted by Crippen LogP contribution is 2.23. The van der Waals surface area contributed by atoms with Gasteiger partial charge in [-0.15, -0.1) is 0 Å². The third kappa shape index (κ3) is 2.83. The summed E-state index contributed by atoms with van der Waals surface area (Å²) in [6.45, 7) is 0. The molecule has 5 heteroatoms. The molecule has 0 atom stereocenters. The van der Waals surface area contributed by atoms with Crippen molar-refractivity contribution in [1.29, 1.82) is 0 Å². The quantitative estimate of drug-likeness (QED) is 0.414. The highest BCUT2D eigenvalue weighted by Gasteiger charge is 2.14. The van der Waals surface area contributed by atoms with E-state index in [-0.39, 0.29) is 16.9 Å². The van der Waals surface area contributed by atoms with Crippen molar-refractivity contribution in [1.82, 2.24) is 0 Å². The van der Waals surface area contributed by atoms with E-state index in [2.05, 4.69) is 0 Å². The number of furan rings is 1. The van der Waals surface area contributed by atoms with Crippen molar-refractivity contribution in [3.63, 3.8) is 0 Å². The van der Waals surface area contributed by atoms with E-state index in [9.17, 15) is 9.59 Å². The lowest BCUT2D eigenvalue weighted by atomic mass is 10.1. The minimum absolute atomic E-state index is 0.0981. The molecule has 25 heavy (non-hydrogen) atoms. The molecular formula is C20H12O5. The number of benzene rings is 2. The molecule has 4 rings (SSSR count). The summed E-state index contributed by atoms with van der Waals surface area (Å²) < 4.78 is 15.8. The number of hydrogen-bond acceptors (Lipinski definition) is 5. The van der Waals surface area contributed by atoms with Crippen LogP contribution < -0.4 is 10.2 Å². The summed E-state index contributed by atoms with van der Waals surface area (Å²) in [5.41, 5.74) is 1.46. The summed E-state index contributed by atoms with van der Waals surface area (Å²) in [5.74, 6) is -0.252. The van der Waals surface area contributed by atoms with Crippen LogP contribution in [0, 0.1) is 0 Å². The molecule has 2 heterocycles. The lowest BCUT2D eigenvalue weighted by Gasteiger charge is -2.05. The maximum Gasteiger partial charge on any atom is 0.379 e. The van der Waals surface area contributed by atoms with Crippen molar-refractivity contribution >= 4 is 16.9 Å². The molecule has 0 bridgehead atoms. The van der Waals surface area contributed by atoms with Gasteiger partial charge in [-0.1, -0.05) is 30.3 Å². The Hall–Kier alpha value is -3.60. The topological polar surface area (TPSA) is 69.7 Å². The molecule has 4 aromatic rings. The summed E-state index contributed by atoms with van der Waals surface area (Å²) in [5, 5.41) is 0.416. The van der Waals surface area contributed by atoms with Gasteiger partial charge in [0.15, 0.2) is 5.43 Å². The first-order valence-electron chi connectivity index (χ1n) is 7.59. The summed E-state index contributed by atoms with van der Waals surface area (Å²) in [7, 11) is 0. The fourth-order valence-corrected chi connectivity index (χ4v) is 2.54. The van der Waals surface area contributed by atoms with Gasteiger partial charge >= 0.3 is 5.97 Å². The monoisotopic (exact) mass is 332 g/mol. The molecule has 0 N–H and O–H groups in total. The fraction of sp³-hybridized carbons (Fsp3) is 0. The SMILES string of the molecule is O=C(Oc1ccc2c(=O)c(-c3ccccc3)coc2c1)c1ccco1. The molecule has 2 aromatic carbocycles. The number of carbonyl (C=O) groups excluding carboxylic acids is 1. The molecule has 122 valence electrons. The fourth-order valence-electron chi connectivity index (χ4n) is 2.54. The molecule has 2 aromatic heterocycles. The van der Waals surface area contributed by atoms with Gasteiger partial charge in [0.25, 0.3) is 0 Å². The van der Waals surface area contributed by atoms with Crippen LogP contribution in [-0.4, -0.2) is 5.97 Å². The normalized spacial score (nSPS) is 10.7. The third-order valence-corrected chi connectivity index (χ3v) is 3.76. The first-order chi connectivity index (χ1) is 12.2. The molecule has 0 aliphatic rings. The molecular weight excluding hydrogens is 320 g/mol. The predicted molar refractivity (Wildman–Crippen MR) is 91.6 cm³/mol. The average molecular weight is 332 g/mol. The van der Waals surface area contributed by atoms with E-state index in [1.165, 1.54) is 24.7 Å². The Kier molecular flexibility index (Phi) is 3.67. The molecule has 0 saturated heterocycles. The summed E-state index contributed by atoms with van der Waals surface area (Å²) in [6, 6.07) is 17.0. The molecule has 0 saturated carbocycles. The second-order valence-corrected chi connectivity index (χ2v) is 5.37. The Balaban J connectivity index is 1.71. The van der Waals surface area contributed by atoms with E-state index in [1.54, 1.807) is 18.2 Å². The van der Waals surface area contributed by atoms with Crippen LogP contribution in [-0.2, 0) is 0 Å². The van der Waals surface area contributed by atoms with Gasteiger partial charge in [-0.2, -0.15) is 0 Å². The zero-order chi connectivity index (χ0) is 17.2. The van der Waals surface area contributed by atoms with Crippen LogP contribution >= 0.6 is 0 Å². The van der Waals surface area contributed by atoms with E-state index in [0.717, 1.165) is 5.56 Å². The highest BCUT2D eigenvalue weighted by atomic mass is 16.5. The zero-order valence-corrected chi connectivity index (χ0v) is 13.0. The number of fused-ring (bicyclic) bond motifs is 1. The largest absolute Gasteiger partial charge is 0.463 e. The smallest absolute Gasteiger partial charge is 0.379 e.